The molecule has 0 saturated carbocycles. The highest BCUT2D eigenvalue weighted by Gasteiger charge is 2.16. The minimum Gasteiger partial charge on any atom is -0.497 e. The van der Waals surface area contributed by atoms with Crippen LogP contribution in [-0.2, 0) is 5.75 Å². The molecule has 0 fully saturated rings. The van der Waals surface area contributed by atoms with E-state index in [-0.39, 0.29) is 5.56 Å². The maximum absolute atomic E-state index is 13.3. The van der Waals surface area contributed by atoms with Crippen LogP contribution in [0, 0.1) is 0 Å². The number of aromatic nitrogens is 2. The van der Waals surface area contributed by atoms with Crippen molar-refractivity contribution in [1.29, 1.82) is 0 Å². The summed E-state index contributed by atoms with van der Waals surface area (Å²) in [5, 5.41) is 1.99. The summed E-state index contributed by atoms with van der Waals surface area (Å²) >= 11 is 14.0. The third-order valence-corrected chi connectivity index (χ3v) is 5.96. The molecule has 0 saturated heterocycles. The summed E-state index contributed by atoms with van der Waals surface area (Å²) < 4.78 is 6.82. The van der Waals surface area contributed by atoms with Crippen LogP contribution in [0.15, 0.2) is 76.7 Å². The Balaban J connectivity index is 1.85. The number of thioether (sulfide) groups is 1. The Morgan fingerprint density at radius 2 is 1.86 bits per heavy atom. The van der Waals surface area contributed by atoms with E-state index >= 15 is 0 Å². The molecule has 29 heavy (non-hydrogen) atoms. The van der Waals surface area contributed by atoms with E-state index in [2.05, 4.69) is 0 Å². The standard InChI is InChI=1S/C22H16Cl2N2O2S/c1-28-16-6-4-5-14(11-16)13-29-22-25-19-8-3-2-7-17(19)21(27)26(22)20-12-15(23)9-10-18(20)24/h2-12H,13H2,1H3. The Labute approximate surface area is 182 Å². The van der Waals surface area contributed by atoms with Crippen molar-refractivity contribution < 1.29 is 4.74 Å². The Morgan fingerprint density at radius 1 is 1.03 bits per heavy atom. The third kappa shape index (κ3) is 4.13. The predicted octanol–water partition coefficient (Wildman–Crippen LogP) is 5.99. The molecule has 4 rings (SSSR count). The second kappa shape index (κ2) is 8.49. The number of methoxy groups -OCH3 is 1. The molecule has 0 atom stereocenters. The number of halogens is 2. The molecule has 0 spiro atoms. The predicted molar refractivity (Wildman–Crippen MR) is 120 cm³/mol. The lowest BCUT2D eigenvalue weighted by molar-refractivity contribution is 0.414. The lowest BCUT2D eigenvalue weighted by Gasteiger charge is -2.15. The first-order chi connectivity index (χ1) is 14.1. The largest absolute Gasteiger partial charge is 0.497 e. The number of hydrogen-bond donors (Lipinski definition) is 0. The smallest absolute Gasteiger partial charge is 0.266 e. The Morgan fingerprint density at radius 3 is 2.69 bits per heavy atom. The molecule has 0 bridgehead atoms. The van der Waals surface area contributed by atoms with Crippen LogP contribution in [0.3, 0.4) is 0 Å². The van der Waals surface area contributed by atoms with Gasteiger partial charge >= 0.3 is 0 Å². The van der Waals surface area contributed by atoms with Gasteiger partial charge in [0.25, 0.3) is 5.56 Å². The number of para-hydroxylation sites is 1. The maximum atomic E-state index is 13.3. The van der Waals surface area contributed by atoms with Crippen LogP contribution in [0.4, 0.5) is 0 Å². The van der Waals surface area contributed by atoms with Crippen LogP contribution in [0.5, 0.6) is 5.75 Å². The van der Waals surface area contributed by atoms with Gasteiger partial charge in [0, 0.05) is 10.8 Å². The normalized spacial score (nSPS) is 11.0. The molecular formula is C22H16Cl2N2O2S. The van der Waals surface area contributed by atoms with E-state index in [1.807, 2.05) is 42.5 Å². The summed E-state index contributed by atoms with van der Waals surface area (Å²) in [5.74, 6) is 1.39. The second-order valence-corrected chi connectivity index (χ2v) is 8.07. The van der Waals surface area contributed by atoms with Crippen LogP contribution in [0.25, 0.3) is 16.6 Å². The number of nitrogens with zero attached hydrogens (tertiary/aromatic N) is 2. The van der Waals surface area contributed by atoms with Crippen molar-refractivity contribution in [2.24, 2.45) is 0 Å². The quantitative estimate of drug-likeness (QED) is 0.281. The van der Waals surface area contributed by atoms with Gasteiger partial charge in [-0.1, -0.05) is 59.2 Å². The van der Waals surface area contributed by atoms with Crippen LogP contribution in [-0.4, -0.2) is 16.7 Å². The van der Waals surface area contributed by atoms with Crippen molar-refractivity contribution in [3.63, 3.8) is 0 Å². The first-order valence-corrected chi connectivity index (χ1v) is 10.5. The van der Waals surface area contributed by atoms with Crippen molar-refractivity contribution in [3.05, 3.63) is 92.7 Å². The van der Waals surface area contributed by atoms with E-state index in [4.69, 9.17) is 32.9 Å². The third-order valence-electron chi connectivity index (χ3n) is 4.40. The Bertz CT molecular complexity index is 1260. The molecule has 146 valence electrons. The van der Waals surface area contributed by atoms with Crippen molar-refractivity contribution in [1.82, 2.24) is 9.55 Å². The first kappa shape index (κ1) is 19.8. The summed E-state index contributed by atoms with van der Waals surface area (Å²) in [4.78, 5) is 18.0. The monoisotopic (exact) mass is 442 g/mol. The van der Waals surface area contributed by atoms with E-state index in [0.717, 1.165) is 11.3 Å². The average Bonchev–Trinajstić information content (AvgIpc) is 2.74. The molecule has 0 aliphatic rings. The van der Waals surface area contributed by atoms with E-state index in [1.54, 1.807) is 31.4 Å². The fraction of sp³-hybridized carbons (Fsp3) is 0.0909. The van der Waals surface area contributed by atoms with Gasteiger partial charge in [0.1, 0.15) is 5.75 Å². The van der Waals surface area contributed by atoms with E-state index < -0.39 is 0 Å². The molecular weight excluding hydrogens is 427 g/mol. The molecule has 4 nitrogen and oxygen atoms in total. The zero-order valence-electron chi connectivity index (χ0n) is 15.4. The summed E-state index contributed by atoms with van der Waals surface area (Å²) in [6.45, 7) is 0. The van der Waals surface area contributed by atoms with Gasteiger partial charge in [0.2, 0.25) is 0 Å². The lowest BCUT2D eigenvalue weighted by atomic mass is 10.2. The number of fused-ring (bicyclic) bond motifs is 1. The molecule has 4 aromatic rings. The van der Waals surface area contributed by atoms with Gasteiger partial charge in [0.15, 0.2) is 5.16 Å². The highest BCUT2D eigenvalue weighted by molar-refractivity contribution is 7.98. The molecule has 1 aromatic heterocycles. The maximum Gasteiger partial charge on any atom is 0.266 e. The molecule has 7 heteroatoms. The van der Waals surface area contributed by atoms with Gasteiger partial charge in [-0.15, -0.1) is 0 Å². The molecule has 3 aromatic carbocycles. The van der Waals surface area contributed by atoms with E-state index in [9.17, 15) is 4.79 Å². The highest BCUT2D eigenvalue weighted by Crippen LogP contribution is 2.30. The molecule has 1 heterocycles. The van der Waals surface area contributed by atoms with Crippen LogP contribution in [0.2, 0.25) is 10.0 Å². The van der Waals surface area contributed by atoms with Gasteiger partial charge in [-0.3, -0.25) is 9.36 Å². The van der Waals surface area contributed by atoms with E-state index in [0.29, 0.717) is 37.5 Å². The van der Waals surface area contributed by atoms with Gasteiger partial charge in [-0.2, -0.15) is 0 Å². The number of rotatable bonds is 5. The molecule has 0 amide bonds. The molecule has 0 radical (unpaired) electrons. The second-order valence-electron chi connectivity index (χ2n) is 6.29. The minimum absolute atomic E-state index is 0.187. The van der Waals surface area contributed by atoms with Crippen LogP contribution >= 0.6 is 35.0 Å². The number of hydrogen-bond acceptors (Lipinski definition) is 4. The fourth-order valence-corrected chi connectivity index (χ4v) is 4.31. The van der Waals surface area contributed by atoms with Gasteiger partial charge in [-0.25, -0.2) is 4.98 Å². The van der Waals surface area contributed by atoms with Gasteiger partial charge in [0.05, 0.1) is 28.7 Å². The molecule has 0 aliphatic heterocycles. The van der Waals surface area contributed by atoms with Gasteiger partial charge in [-0.05, 0) is 48.0 Å². The zero-order valence-corrected chi connectivity index (χ0v) is 17.8. The average molecular weight is 443 g/mol. The lowest BCUT2D eigenvalue weighted by Crippen LogP contribution is -2.22. The zero-order chi connectivity index (χ0) is 20.4. The van der Waals surface area contributed by atoms with Gasteiger partial charge < -0.3 is 4.74 Å². The number of ether oxygens (including phenoxy) is 1. The molecule has 0 N–H and O–H groups in total. The van der Waals surface area contributed by atoms with Crippen LogP contribution < -0.4 is 10.3 Å². The Hall–Kier alpha value is -2.47. The summed E-state index contributed by atoms with van der Waals surface area (Å²) in [6.07, 6.45) is 0. The van der Waals surface area contributed by atoms with Crippen molar-refractivity contribution in [3.8, 4) is 11.4 Å². The summed E-state index contributed by atoms with van der Waals surface area (Å²) in [7, 11) is 1.63. The summed E-state index contributed by atoms with van der Waals surface area (Å²) in [6, 6.07) is 20.1. The fourth-order valence-electron chi connectivity index (χ4n) is 2.99. The minimum atomic E-state index is -0.187. The highest BCUT2D eigenvalue weighted by atomic mass is 35.5. The molecule has 0 aliphatic carbocycles. The van der Waals surface area contributed by atoms with E-state index in [1.165, 1.54) is 16.3 Å². The van der Waals surface area contributed by atoms with Crippen molar-refractivity contribution in [2.45, 2.75) is 10.9 Å². The first-order valence-electron chi connectivity index (χ1n) is 8.80. The summed E-state index contributed by atoms with van der Waals surface area (Å²) in [5.41, 5.74) is 2.02. The van der Waals surface area contributed by atoms with Crippen LogP contribution in [0.1, 0.15) is 5.56 Å². The Kier molecular flexibility index (Phi) is 5.81. The van der Waals surface area contributed by atoms with Crippen molar-refractivity contribution in [2.75, 3.05) is 7.11 Å². The van der Waals surface area contributed by atoms with Crippen molar-refractivity contribution >= 4 is 45.9 Å². The SMILES string of the molecule is COc1cccc(CSc2nc3ccccc3c(=O)n2-c2cc(Cl)ccc2Cl)c1. The topological polar surface area (TPSA) is 44.1 Å². The molecule has 0 unspecified atom stereocenters. The number of benzene rings is 3.